The quantitative estimate of drug-likeness (QED) is 0.771. The number of halogens is 1. The van der Waals surface area contributed by atoms with Crippen LogP contribution in [0.3, 0.4) is 0 Å². The maximum atomic E-state index is 12.2. The zero-order valence-electron chi connectivity index (χ0n) is 11.3. The molecule has 4 nitrogen and oxygen atoms in total. The van der Waals surface area contributed by atoms with Crippen LogP contribution in [0.5, 0.6) is 5.75 Å². The summed E-state index contributed by atoms with van der Waals surface area (Å²) in [5.74, 6) is 0.404. The minimum atomic E-state index is -0.253. The fourth-order valence-corrected chi connectivity index (χ4v) is 3.21. The summed E-state index contributed by atoms with van der Waals surface area (Å²) in [6.07, 6.45) is 1.69. The van der Waals surface area contributed by atoms with Crippen molar-refractivity contribution in [3.05, 3.63) is 33.1 Å². The van der Waals surface area contributed by atoms with E-state index in [1.807, 2.05) is 32.0 Å². The fraction of sp³-hybridized carbons (Fsp3) is 0.286. The number of carbonyl (C=O) groups is 2. The smallest absolute Gasteiger partial charge is 0.293 e. The first-order chi connectivity index (χ1) is 9.43. The Morgan fingerprint density at radius 2 is 2.05 bits per heavy atom. The predicted molar refractivity (Wildman–Crippen MR) is 83.6 cm³/mol. The highest BCUT2D eigenvalue weighted by atomic mass is 79.9. The molecule has 2 amide bonds. The van der Waals surface area contributed by atoms with Gasteiger partial charge >= 0.3 is 0 Å². The summed E-state index contributed by atoms with van der Waals surface area (Å²) in [7, 11) is 1.57. The van der Waals surface area contributed by atoms with Gasteiger partial charge in [0.15, 0.2) is 0 Å². The predicted octanol–water partition coefficient (Wildman–Crippen LogP) is 3.90. The largest absolute Gasteiger partial charge is 0.496 e. The molecule has 1 saturated heterocycles. The lowest BCUT2D eigenvalue weighted by molar-refractivity contribution is -0.123. The second-order valence-electron chi connectivity index (χ2n) is 4.53. The molecule has 2 rings (SSSR count). The van der Waals surface area contributed by atoms with Crippen molar-refractivity contribution in [2.24, 2.45) is 0 Å². The third-order valence-corrected chi connectivity index (χ3v) is 4.20. The molecule has 0 saturated carbocycles. The van der Waals surface area contributed by atoms with Gasteiger partial charge in [-0.05, 0) is 49.9 Å². The number of amides is 2. The molecule has 1 aliphatic heterocycles. The molecule has 1 aromatic rings. The van der Waals surface area contributed by atoms with Crippen molar-refractivity contribution < 1.29 is 14.3 Å². The molecule has 0 aliphatic carbocycles. The first-order valence-corrected chi connectivity index (χ1v) is 7.65. The van der Waals surface area contributed by atoms with E-state index >= 15 is 0 Å². The average molecular weight is 356 g/mol. The zero-order valence-corrected chi connectivity index (χ0v) is 13.7. The number of thioether (sulfide) groups is 1. The molecule has 1 fully saturated rings. The van der Waals surface area contributed by atoms with Crippen LogP contribution in [-0.4, -0.2) is 29.2 Å². The highest BCUT2D eigenvalue weighted by Gasteiger charge is 2.36. The Bertz CT molecular complexity index is 598. The van der Waals surface area contributed by atoms with E-state index in [0.717, 1.165) is 21.8 Å². The standard InChI is InChI=1S/C14H14BrNO3S/c1-8(2)16-13(17)12(20-14(16)18)7-9-6-10(15)4-5-11(9)19-3/h4-8H,1-3H3/b12-7-. The molecule has 0 spiro atoms. The molecular formula is C14H14BrNO3S. The van der Waals surface area contributed by atoms with Gasteiger partial charge in [0.05, 0.1) is 12.0 Å². The summed E-state index contributed by atoms with van der Waals surface area (Å²) < 4.78 is 6.14. The van der Waals surface area contributed by atoms with Crippen molar-refractivity contribution in [1.29, 1.82) is 0 Å². The lowest BCUT2D eigenvalue weighted by Gasteiger charge is -2.16. The number of nitrogens with zero attached hydrogens (tertiary/aromatic N) is 1. The zero-order chi connectivity index (χ0) is 14.9. The number of hydrogen-bond acceptors (Lipinski definition) is 4. The molecular weight excluding hydrogens is 342 g/mol. The topological polar surface area (TPSA) is 46.6 Å². The number of benzene rings is 1. The average Bonchev–Trinajstić information content (AvgIpc) is 2.64. The van der Waals surface area contributed by atoms with E-state index < -0.39 is 0 Å². The van der Waals surface area contributed by atoms with Crippen LogP contribution in [0.25, 0.3) is 6.08 Å². The van der Waals surface area contributed by atoms with Gasteiger partial charge in [-0.3, -0.25) is 14.5 Å². The van der Waals surface area contributed by atoms with Crippen molar-refractivity contribution in [2.45, 2.75) is 19.9 Å². The van der Waals surface area contributed by atoms with Gasteiger partial charge in [-0.1, -0.05) is 15.9 Å². The summed E-state index contributed by atoms with van der Waals surface area (Å²) in [5, 5.41) is -0.231. The Morgan fingerprint density at radius 1 is 1.35 bits per heavy atom. The van der Waals surface area contributed by atoms with Crippen molar-refractivity contribution in [3.8, 4) is 5.75 Å². The van der Waals surface area contributed by atoms with Crippen LogP contribution in [0.15, 0.2) is 27.6 Å². The molecule has 0 N–H and O–H groups in total. The molecule has 0 atom stereocenters. The number of carbonyl (C=O) groups excluding carboxylic acids is 2. The SMILES string of the molecule is COc1ccc(Br)cc1/C=C1\SC(=O)N(C(C)C)C1=O. The second kappa shape index (κ2) is 6.01. The normalized spacial score (nSPS) is 17.4. The van der Waals surface area contributed by atoms with Crippen LogP contribution in [0.2, 0.25) is 0 Å². The maximum absolute atomic E-state index is 12.2. The minimum absolute atomic E-state index is 0.141. The molecule has 1 aliphatic rings. The van der Waals surface area contributed by atoms with Gasteiger partial charge in [-0.25, -0.2) is 0 Å². The van der Waals surface area contributed by atoms with E-state index in [9.17, 15) is 9.59 Å². The Kier molecular flexibility index (Phi) is 4.55. The Labute approximate surface area is 130 Å². The summed E-state index contributed by atoms with van der Waals surface area (Å²) in [6.45, 7) is 3.64. The Hall–Kier alpha value is -1.27. The first kappa shape index (κ1) is 15.1. The van der Waals surface area contributed by atoms with Crippen molar-refractivity contribution in [1.82, 2.24) is 4.90 Å². The van der Waals surface area contributed by atoms with E-state index in [0.29, 0.717) is 10.7 Å². The Morgan fingerprint density at radius 3 is 2.60 bits per heavy atom. The third-order valence-electron chi connectivity index (χ3n) is 2.82. The lowest BCUT2D eigenvalue weighted by Crippen LogP contribution is -2.34. The number of hydrogen-bond donors (Lipinski definition) is 0. The van der Waals surface area contributed by atoms with Gasteiger partial charge in [0, 0.05) is 16.1 Å². The number of rotatable bonds is 3. The van der Waals surface area contributed by atoms with Crippen molar-refractivity contribution in [3.63, 3.8) is 0 Å². The fourth-order valence-electron chi connectivity index (χ4n) is 1.88. The molecule has 0 bridgehead atoms. The van der Waals surface area contributed by atoms with E-state index in [2.05, 4.69) is 15.9 Å². The van der Waals surface area contributed by atoms with Gasteiger partial charge in [0.2, 0.25) is 0 Å². The Balaban J connectivity index is 2.40. The van der Waals surface area contributed by atoms with E-state index in [1.54, 1.807) is 13.2 Å². The van der Waals surface area contributed by atoms with E-state index in [1.165, 1.54) is 4.90 Å². The van der Waals surface area contributed by atoms with Crippen molar-refractivity contribution >= 4 is 44.9 Å². The number of methoxy groups -OCH3 is 1. The lowest BCUT2D eigenvalue weighted by atomic mass is 10.2. The van der Waals surface area contributed by atoms with Gasteiger partial charge < -0.3 is 4.74 Å². The highest BCUT2D eigenvalue weighted by molar-refractivity contribution is 9.10. The molecule has 1 heterocycles. The van der Waals surface area contributed by atoms with Crippen LogP contribution in [0, 0.1) is 0 Å². The summed E-state index contributed by atoms with van der Waals surface area (Å²) in [4.78, 5) is 25.7. The molecule has 20 heavy (non-hydrogen) atoms. The summed E-state index contributed by atoms with van der Waals surface area (Å²) in [6, 6.07) is 5.37. The van der Waals surface area contributed by atoms with Gasteiger partial charge in [-0.2, -0.15) is 0 Å². The summed E-state index contributed by atoms with van der Waals surface area (Å²) in [5.41, 5.74) is 0.760. The summed E-state index contributed by atoms with van der Waals surface area (Å²) >= 11 is 4.34. The molecule has 1 aromatic carbocycles. The monoisotopic (exact) mass is 355 g/mol. The first-order valence-electron chi connectivity index (χ1n) is 6.04. The van der Waals surface area contributed by atoms with Crippen LogP contribution < -0.4 is 4.74 Å². The minimum Gasteiger partial charge on any atom is -0.496 e. The van der Waals surface area contributed by atoms with E-state index in [-0.39, 0.29) is 17.2 Å². The number of imide groups is 1. The van der Waals surface area contributed by atoms with Gasteiger partial charge in [0.1, 0.15) is 5.75 Å². The molecule has 0 radical (unpaired) electrons. The van der Waals surface area contributed by atoms with Crippen LogP contribution in [0.4, 0.5) is 4.79 Å². The molecule has 6 heteroatoms. The van der Waals surface area contributed by atoms with Crippen LogP contribution in [0.1, 0.15) is 19.4 Å². The van der Waals surface area contributed by atoms with E-state index in [4.69, 9.17) is 4.74 Å². The van der Waals surface area contributed by atoms with Crippen LogP contribution >= 0.6 is 27.7 Å². The van der Waals surface area contributed by atoms with Crippen LogP contribution in [-0.2, 0) is 4.79 Å². The second-order valence-corrected chi connectivity index (χ2v) is 6.44. The third kappa shape index (κ3) is 2.91. The maximum Gasteiger partial charge on any atom is 0.293 e. The molecule has 0 aromatic heterocycles. The number of ether oxygens (including phenoxy) is 1. The molecule has 106 valence electrons. The highest BCUT2D eigenvalue weighted by Crippen LogP contribution is 2.35. The van der Waals surface area contributed by atoms with Gasteiger partial charge in [0.25, 0.3) is 11.1 Å². The molecule has 0 unspecified atom stereocenters. The van der Waals surface area contributed by atoms with Crippen molar-refractivity contribution in [2.75, 3.05) is 7.11 Å². The van der Waals surface area contributed by atoms with Gasteiger partial charge in [-0.15, -0.1) is 0 Å².